The predicted molar refractivity (Wildman–Crippen MR) is 135 cm³/mol. The minimum Gasteiger partial charge on any atom is -0.340 e. The second-order valence-electron chi connectivity index (χ2n) is 8.51. The van der Waals surface area contributed by atoms with Gasteiger partial charge < -0.3 is 4.90 Å². The zero-order chi connectivity index (χ0) is 23.8. The summed E-state index contributed by atoms with van der Waals surface area (Å²) in [6.45, 7) is 4.45. The summed E-state index contributed by atoms with van der Waals surface area (Å²) in [5.41, 5.74) is 1.98. The van der Waals surface area contributed by atoms with Crippen LogP contribution in [-0.2, 0) is 20.1 Å². The van der Waals surface area contributed by atoms with Gasteiger partial charge in [-0.25, -0.2) is 4.79 Å². The molecular weight excluding hydrogens is 475 g/mol. The molecule has 0 amide bonds. The summed E-state index contributed by atoms with van der Waals surface area (Å²) in [5, 5.41) is 1.36. The van der Waals surface area contributed by atoms with Crippen LogP contribution in [0, 0.1) is 0 Å². The van der Waals surface area contributed by atoms with Crippen molar-refractivity contribution in [1.82, 2.24) is 24.0 Å². The fourth-order valence-electron chi connectivity index (χ4n) is 4.39. The molecule has 4 aromatic rings. The summed E-state index contributed by atoms with van der Waals surface area (Å²) in [7, 11) is 1.62. The van der Waals surface area contributed by atoms with Crippen molar-refractivity contribution in [2.75, 3.05) is 31.1 Å². The molecule has 0 bridgehead atoms. The number of anilines is 1. The lowest BCUT2D eigenvalue weighted by molar-refractivity contribution is 0.248. The lowest BCUT2D eigenvalue weighted by Crippen LogP contribution is -2.46. The molecule has 2 aromatic heterocycles. The predicted octanol–water partition coefficient (Wildman–Crippen LogP) is 3.10. The van der Waals surface area contributed by atoms with Crippen molar-refractivity contribution in [3.05, 3.63) is 90.5 Å². The van der Waals surface area contributed by atoms with E-state index in [1.807, 2.05) is 53.1 Å². The molecule has 0 aliphatic carbocycles. The van der Waals surface area contributed by atoms with E-state index in [-0.39, 0.29) is 0 Å². The van der Waals surface area contributed by atoms with Gasteiger partial charge in [-0.15, -0.1) is 0 Å². The average Bonchev–Trinajstić information content (AvgIpc) is 3.19. The highest BCUT2D eigenvalue weighted by Crippen LogP contribution is 2.24. The van der Waals surface area contributed by atoms with Crippen molar-refractivity contribution in [3.63, 3.8) is 0 Å². The summed E-state index contributed by atoms with van der Waals surface area (Å²) in [4.78, 5) is 36.7. The Morgan fingerprint density at radius 3 is 2.35 bits per heavy atom. The van der Waals surface area contributed by atoms with Gasteiger partial charge in [0.2, 0.25) is 5.95 Å². The topological polar surface area (TPSA) is 79.2 Å². The van der Waals surface area contributed by atoms with E-state index in [9.17, 15) is 9.59 Å². The van der Waals surface area contributed by atoms with Crippen LogP contribution in [0.15, 0.2) is 58.1 Å². The Bertz CT molecular complexity index is 1450. The van der Waals surface area contributed by atoms with Crippen molar-refractivity contribution in [2.24, 2.45) is 7.05 Å². The maximum Gasteiger partial charge on any atom is 0.329 e. The molecular formula is C24H24Cl2N6O2. The molecule has 1 saturated heterocycles. The molecule has 5 rings (SSSR count). The van der Waals surface area contributed by atoms with E-state index in [1.54, 1.807) is 7.05 Å². The fourth-order valence-corrected chi connectivity index (χ4v) is 4.73. The summed E-state index contributed by atoms with van der Waals surface area (Å²) >= 11 is 12.2. The molecule has 1 fully saturated rings. The average molecular weight is 499 g/mol. The number of aromatic nitrogens is 4. The van der Waals surface area contributed by atoms with Crippen molar-refractivity contribution in [1.29, 1.82) is 0 Å². The fraction of sp³-hybridized carbons (Fsp3) is 0.292. The van der Waals surface area contributed by atoms with Gasteiger partial charge in [-0.3, -0.25) is 23.8 Å². The molecule has 1 aliphatic rings. The van der Waals surface area contributed by atoms with Crippen molar-refractivity contribution >= 4 is 40.3 Å². The van der Waals surface area contributed by atoms with Gasteiger partial charge in [-0.2, -0.15) is 4.98 Å². The molecule has 8 nitrogen and oxygen atoms in total. The number of aromatic amines is 1. The standard InChI is InChI=1S/C24H24Cl2N6O2/c1-29-21-20(22(33)28-24(29)34)32(15-17-3-2-4-19(26)13-17)23(27-21)31-11-9-30(10-12-31)14-16-5-7-18(25)8-6-16/h2-8,13H,9-12,14-15H2,1H3,(H,28,33,34). The number of hydrogen-bond donors (Lipinski definition) is 1. The molecule has 34 heavy (non-hydrogen) atoms. The van der Waals surface area contributed by atoms with Gasteiger partial charge in [0.15, 0.2) is 11.2 Å². The molecule has 0 saturated carbocycles. The number of nitrogens with one attached hydrogen (secondary N) is 1. The van der Waals surface area contributed by atoms with E-state index in [1.165, 1.54) is 10.1 Å². The first kappa shape index (κ1) is 22.7. The minimum atomic E-state index is -0.482. The normalized spacial score (nSPS) is 14.7. The lowest BCUT2D eigenvalue weighted by Gasteiger charge is -2.35. The monoisotopic (exact) mass is 498 g/mol. The number of piperazine rings is 1. The summed E-state index contributed by atoms with van der Waals surface area (Å²) in [5.74, 6) is 0.674. The van der Waals surface area contributed by atoms with Crippen molar-refractivity contribution in [3.8, 4) is 0 Å². The van der Waals surface area contributed by atoms with E-state index in [4.69, 9.17) is 28.2 Å². The van der Waals surface area contributed by atoms with Crippen LogP contribution in [0.4, 0.5) is 5.95 Å². The smallest absolute Gasteiger partial charge is 0.329 e. The Morgan fingerprint density at radius 2 is 1.65 bits per heavy atom. The molecule has 0 spiro atoms. The second-order valence-corrected chi connectivity index (χ2v) is 9.38. The molecule has 3 heterocycles. The molecule has 0 radical (unpaired) electrons. The first-order valence-corrected chi connectivity index (χ1v) is 11.8. The number of halogens is 2. The molecule has 176 valence electrons. The van der Waals surface area contributed by atoms with E-state index in [0.717, 1.165) is 43.3 Å². The molecule has 10 heteroatoms. The van der Waals surface area contributed by atoms with E-state index in [0.29, 0.717) is 28.7 Å². The van der Waals surface area contributed by atoms with Crippen LogP contribution in [0.5, 0.6) is 0 Å². The maximum atomic E-state index is 12.8. The van der Waals surface area contributed by atoms with E-state index in [2.05, 4.69) is 14.8 Å². The summed E-state index contributed by atoms with van der Waals surface area (Å²) in [6.07, 6.45) is 0. The van der Waals surface area contributed by atoms with Crippen LogP contribution in [0.1, 0.15) is 11.1 Å². The third-order valence-corrected chi connectivity index (χ3v) is 6.68. The summed E-state index contributed by atoms with van der Waals surface area (Å²) < 4.78 is 3.26. The maximum absolute atomic E-state index is 12.8. The Hall–Kier alpha value is -3.07. The zero-order valence-corrected chi connectivity index (χ0v) is 20.2. The number of benzene rings is 2. The lowest BCUT2D eigenvalue weighted by atomic mass is 10.2. The van der Waals surface area contributed by atoms with Gasteiger partial charge in [-0.05, 0) is 35.4 Å². The number of hydrogen-bond acceptors (Lipinski definition) is 5. The van der Waals surface area contributed by atoms with Gasteiger partial charge in [0, 0.05) is 49.8 Å². The van der Waals surface area contributed by atoms with Crippen molar-refractivity contribution in [2.45, 2.75) is 13.1 Å². The summed E-state index contributed by atoms with van der Waals surface area (Å²) in [6, 6.07) is 15.4. The second kappa shape index (κ2) is 9.29. The Labute approximate surface area is 206 Å². The highest BCUT2D eigenvalue weighted by atomic mass is 35.5. The molecule has 0 unspecified atom stereocenters. The largest absolute Gasteiger partial charge is 0.340 e. The number of imidazole rings is 1. The van der Waals surface area contributed by atoms with Crippen LogP contribution in [0.25, 0.3) is 11.2 Å². The molecule has 1 aliphatic heterocycles. The van der Waals surface area contributed by atoms with Gasteiger partial charge in [0.1, 0.15) is 0 Å². The minimum absolute atomic E-state index is 0.370. The molecule has 2 aromatic carbocycles. The van der Waals surface area contributed by atoms with Gasteiger partial charge in [-0.1, -0.05) is 47.5 Å². The van der Waals surface area contributed by atoms with E-state index < -0.39 is 11.2 Å². The van der Waals surface area contributed by atoms with E-state index >= 15 is 0 Å². The Morgan fingerprint density at radius 1 is 0.912 bits per heavy atom. The first-order chi connectivity index (χ1) is 16.4. The van der Waals surface area contributed by atoms with Gasteiger partial charge in [0.05, 0.1) is 6.54 Å². The van der Waals surface area contributed by atoms with Crippen LogP contribution in [0.3, 0.4) is 0 Å². The third kappa shape index (κ3) is 4.49. The number of fused-ring (bicyclic) bond motifs is 1. The Kier molecular flexibility index (Phi) is 6.20. The number of aryl methyl sites for hydroxylation is 1. The molecule has 0 atom stereocenters. The number of nitrogens with zero attached hydrogens (tertiary/aromatic N) is 5. The highest BCUT2D eigenvalue weighted by molar-refractivity contribution is 6.30. The quantitative estimate of drug-likeness (QED) is 0.457. The zero-order valence-electron chi connectivity index (χ0n) is 18.7. The first-order valence-electron chi connectivity index (χ1n) is 11.0. The highest BCUT2D eigenvalue weighted by Gasteiger charge is 2.25. The van der Waals surface area contributed by atoms with Crippen LogP contribution < -0.4 is 16.1 Å². The van der Waals surface area contributed by atoms with Crippen LogP contribution in [0.2, 0.25) is 10.0 Å². The van der Waals surface area contributed by atoms with Gasteiger partial charge >= 0.3 is 5.69 Å². The number of H-pyrrole nitrogens is 1. The third-order valence-electron chi connectivity index (χ3n) is 6.19. The van der Waals surface area contributed by atoms with Crippen LogP contribution in [-0.4, -0.2) is 50.2 Å². The van der Waals surface area contributed by atoms with Crippen LogP contribution >= 0.6 is 23.2 Å². The number of rotatable bonds is 5. The van der Waals surface area contributed by atoms with Gasteiger partial charge in [0.25, 0.3) is 5.56 Å². The Balaban J connectivity index is 1.46. The SMILES string of the molecule is Cn1c(=O)[nH]c(=O)c2c1nc(N1CCN(Cc3ccc(Cl)cc3)CC1)n2Cc1cccc(Cl)c1. The molecule has 1 N–H and O–H groups in total. The van der Waals surface area contributed by atoms with Crippen molar-refractivity contribution < 1.29 is 0 Å².